The van der Waals surface area contributed by atoms with Crippen LogP contribution in [0.4, 0.5) is 5.82 Å². The smallest absolute Gasteiger partial charge is 0.271 e. The summed E-state index contributed by atoms with van der Waals surface area (Å²) in [7, 11) is 0. The second-order valence-electron chi connectivity index (χ2n) is 5.37. The Morgan fingerprint density at radius 3 is 2.90 bits per heavy atom. The van der Waals surface area contributed by atoms with Crippen LogP contribution in [0.25, 0.3) is 0 Å². The lowest BCUT2D eigenvalue weighted by molar-refractivity contribution is 0.0935. The van der Waals surface area contributed by atoms with Crippen LogP contribution in [-0.4, -0.2) is 53.2 Å². The number of carbonyl (C=O) groups is 1. The van der Waals surface area contributed by atoms with Crippen LogP contribution in [0.5, 0.6) is 0 Å². The molecule has 21 heavy (non-hydrogen) atoms. The molecule has 1 aromatic heterocycles. The van der Waals surface area contributed by atoms with Gasteiger partial charge in [0.1, 0.15) is 5.82 Å². The number of likely N-dealkylation sites (tertiary alicyclic amines) is 1. The molecular formula is C15H25N5O. The van der Waals surface area contributed by atoms with Crippen LogP contribution in [0, 0.1) is 0 Å². The molecule has 116 valence electrons. The van der Waals surface area contributed by atoms with E-state index in [1.165, 1.54) is 6.42 Å². The fourth-order valence-corrected chi connectivity index (χ4v) is 2.64. The summed E-state index contributed by atoms with van der Waals surface area (Å²) < 4.78 is 0. The van der Waals surface area contributed by atoms with E-state index in [2.05, 4.69) is 39.6 Å². The number of aromatic nitrogens is 2. The lowest BCUT2D eigenvalue weighted by Crippen LogP contribution is -2.40. The molecule has 1 aliphatic rings. The van der Waals surface area contributed by atoms with Gasteiger partial charge in [0.15, 0.2) is 5.69 Å². The summed E-state index contributed by atoms with van der Waals surface area (Å²) in [6.07, 6.45) is 3.39. The largest absolute Gasteiger partial charge is 0.369 e. The minimum atomic E-state index is -0.146. The van der Waals surface area contributed by atoms with Gasteiger partial charge < -0.3 is 10.6 Å². The van der Waals surface area contributed by atoms with Crippen LogP contribution in [-0.2, 0) is 0 Å². The zero-order chi connectivity index (χ0) is 15.1. The van der Waals surface area contributed by atoms with Crippen molar-refractivity contribution in [3.63, 3.8) is 0 Å². The first-order valence-electron chi connectivity index (χ1n) is 7.84. The molecule has 0 aliphatic carbocycles. The van der Waals surface area contributed by atoms with E-state index < -0.39 is 0 Å². The maximum atomic E-state index is 12.1. The highest BCUT2D eigenvalue weighted by atomic mass is 16.1. The van der Waals surface area contributed by atoms with Crippen LogP contribution in [0.1, 0.15) is 43.6 Å². The number of nitrogens with one attached hydrogen (secondary N) is 2. The van der Waals surface area contributed by atoms with Crippen molar-refractivity contribution in [2.75, 3.05) is 31.5 Å². The summed E-state index contributed by atoms with van der Waals surface area (Å²) in [5.74, 6) is 0.564. The average Bonchev–Trinajstić information content (AvgIpc) is 2.98. The molecule has 0 bridgehead atoms. The van der Waals surface area contributed by atoms with Crippen molar-refractivity contribution in [2.24, 2.45) is 0 Å². The highest BCUT2D eigenvalue weighted by Gasteiger charge is 2.23. The fraction of sp³-hybridized carbons (Fsp3) is 0.667. The van der Waals surface area contributed by atoms with Gasteiger partial charge in [-0.3, -0.25) is 9.69 Å². The Balaban J connectivity index is 1.82. The third-order valence-electron chi connectivity index (χ3n) is 3.86. The van der Waals surface area contributed by atoms with E-state index in [-0.39, 0.29) is 5.91 Å². The molecule has 1 fully saturated rings. The number of amides is 1. The number of nitrogens with zero attached hydrogens (tertiary/aromatic N) is 3. The molecule has 0 saturated carbocycles. The molecule has 6 nitrogen and oxygen atoms in total. The van der Waals surface area contributed by atoms with E-state index in [0.29, 0.717) is 24.1 Å². The first kappa shape index (κ1) is 15.7. The van der Waals surface area contributed by atoms with Gasteiger partial charge in [0, 0.05) is 19.1 Å². The average molecular weight is 291 g/mol. The zero-order valence-electron chi connectivity index (χ0n) is 12.9. The molecule has 1 atom stereocenters. The molecule has 1 aromatic rings. The SMILES string of the molecule is CCCNc1ccc(C(=O)NCC2CCCN2CC)nn1. The number of hydrogen-bond acceptors (Lipinski definition) is 5. The highest BCUT2D eigenvalue weighted by molar-refractivity contribution is 5.92. The Labute approximate surface area is 126 Å². The monoisotopic (exact) mass is 291 g/mol. The standard InChI is InChI=1S/C15H25N5O/c1-3-9-16-14-8-7-13(18-19-14)15(21)17-11-12-6-5-10-20(12)4-2/h7-8,12H,3-6,9-11H2,1-2H3,(H,16,19)(H,17,21). The number of anilines is 1. The third kappa shape index (κ3) is 4.39. The van der Waals surface area contributed by atoms with E-state index >= 15 is 0 Å². The number of likely N-dealkylation sites (N-methyl/N-ethyl adjacent to an activating group) is 1. The van der Waals surface area contributed by atoms with Gasteiger partial charge in [0.25, 0.3) is 5.91 Å². The van der Waals surface area contributed by atoms with Gasteiger partial charge in [-0.2, -0.15) is 0 Å². The van der Waals surface area contributed by atoms with Crippen LogP contribution < -0.4 is 10.6 Å². The van der Waals surface area contributed by atoms with E-state index in [0.717, 1.165) is 32.5 Å². The molecule has 1 aliphatic heterocycles. The summed E-state index contributed by atoms with van der Waals surface area (Å²) in [6, 6.07) is 3.97. The molecule has 1 saturated heterocycles. The Morgan fingerprint density at radius 1 is 1.38 bits per heavy atom. The minimum Gasteiger partial charge on any atom is -0.369 e. The molecule has 2 rings (SSSR count). The maximum Gasteiger partial charge on any atom is 0.271 e. The van der Waals surface area contributed by atoms with E-state index in [1.54, 1.807) is 12.1 Å². The summed E-state index contributed by atoms with van der Waals surface area (Å²) in [5.41, 5.74) is 0.373. The molecule has 2 N–H and O–H groups in total. The van der Waals surface area contributed by atoms with Crippen molar-refractivity contribution in [3.05, 3.63) is 17.8 Å². The van der Waals surface area contributed by atoms with Crippen LogP contribution in [0.2, 0.25) is 0 Å². The normalized spacial score (nSPS) is 18.7. The maximum absolute atomic E-state index is 12.1. The zero-order valence-corrected chi connectivity index (χ0v) is 12.9. The predicted octanol–water partition coefficient (Wildman–Crippen LogP) is 1.51. The molecular weight excluding hydrogens is 266 g/mol. The van der Waals surface area contributed by atoms with Gasteiger partial charge in [-0.05, 0) is 44.5 Å². The number of hydrogen-bond donors (Lipinski definition) is 2. The molecule has 0 aromatic carbocycles. The fourth-order valence-electron chi connectivity index (χ4n) is 2.64. The Kier molecular flexibility index (Phi) is 5.92. The van der Waals surface area contributed by atoms with Crippen LogP contribution >= 0.6 is 0 Å². The molecule has 0 spiro atoms. The Hall–Kier alpha value is -1.69. The quantitative estimate of drug-likeness (QED) is 0.797. The van der Waals surface area contributed by atoms with Crippen LogP contribution in [0.3, 0.4) is 0 Å². The van der Waals surface area contributed by atoms with Crippen LogP contribution in [0.15, 0.2) is 12.1 Å². The third-order valence-corrected chi connectivity index (χ3v) is 3.86. The second kappa shape index (κ2) is 7.93. The van der Waals surface area contributed by atoms with E-state index in [9.17, 15) is 4.79 Å². The lowest BCUT2D eigenvalue weighted by atomic mass is 10.2. The van der Waals surface area contributed by atoms with E-state index in [4.69, 9.17) is 0 Å². The molecule has 0 radical (unpaired) electrons. The molecule has 1 unspecified atom stereocenters. The Bertz CT molecular complexity index is 448. The van der Waals surface area contributed by atoms with Gasteiger partial charge >= 0.3 is 0 Å². The molecule has 2 heterocycles. The van der Waals surface area contributed by atoms with Crippen molar-refractivity contribution < 1.29 is 4.79 Å². The minimum absolute atomic E-state index is 0.146. The molecule has 6 heteroatoms. The van der Waals surface area contributed by atoms with Crippen molar-refractivity contribution in [1.29, 1.82) is 0 Å². The van der Waals surface area contributed by atoms with Crippen molar-refractivity contribution in [1.82, 2.24) is 20.4 Å². The van der Waals surface area contributed by atoms with Gasteiger partial charge in [-0.1, -0.05) is 13.8 Å². The van der Waals surface area contributed by atoms with Crippen molar-refractivity contribution in [2.45, 2.75) is 39.2 Å². The summed E-state index contributed by atoms with van der Waals surface area (Å²) >= 11 is 0. The summed E-state index contributed by atoms with van der Waals surface area (Å²) in [4.78, 5) is 14.5. The molecule has 1 amide bonds. The predicted molar refractivity (Wildman–Crippen MR) is 83.4 cm³/mol. The van der Waals surface area contributed by atoms with Gasteiger partial charge in [-0.25, -0.2) is 0 Å². The van der Waals surface area contributed by atoms with Crippen molar-refractivity contribution in [3.8, 4) is 0 Å². The Morgan fingerprint density at radius 2 is 2.24 bits per heavy atom. The summed E-state index contributed by atoms with van der Waals surface area (Å²) in [5, 5.41) is 14.1. The first-order valence-corrected chi connectivity index (χ1v) is 7.84. The van der Waals surface area contributed by atoms with Gasteiger partial charge in [-0.15, -0.1) is 10.2 Å². The number of carbonyl (C=O) groups excluding carboxylic acids is 1. The highest BCUT2D eigenvalue weighted by Crippen LogP contribution is 2.15. The van der Waals surface area contributed by atoms with Gasteiger partial charge in [0.2, 0.25) is 0 Å². The number of rotatable bonds is 7. The van der Waals surface area contributed by atoms with E-state index in [1.807, 2.05) is 0 Å². The van der Waals surface area contributed by atoms with Crippen molar-refractivity contribution >= 4 is 11.7 Å². The lowest BCUT2D eigenvalue weighted by Gasteiger charge is -2.22. The second-order valence-corrected chi connectivity index (χ2v) is 5.37. The summed E-state index contributed by atoms with van der Waals surface area (Å²) in [6.45, 7) is 7.96. The van der Waals surface area contributed by atoms with Gasteiger partial charge in [0.05, 0.1) is 0 Å². The topological polar surface area (TPSA) is 70.2 Å². The first-order chi connectivity index (χ1) is 10.2.